The smallest absolute Gasteiger partial charge is 0.281 e. The summed E-state index contributed by atoms with van der Waals surface area (Å²) in [6.07, 6.45) is 9.83. The van der Waals surface area contributed by atoms with E-state index in [1.54, 1.807) is 24.4 Å². The molecule has 1 aliphatic heterocycles. The molecular formula is C21H21N3O3. The van der Waals surface area contributed by atoms with Crippen molar-refractivity contribution in [2.24, 2.45) is 5.10 Å². The maximum absolute atomic E-state index is 13.1. The van der Waals surface area contributed by atoms with Crippen LogP contribution in [0.2, 0.25) is 0 Å². The van der Waals surface area contributed by atoms with Crippen molar-refractivity contribution in [2.75, 3.05) is 0 Å². The number of pyridine rings is 1. The first kappa shape index (κ1) is 18.5. The van der Waals surface area contributed by atoms with Gasteiger partial charge in [-0.25, -0.2) is 0 Å². The van der Waals surface area contributed by atoms with Crippen molar-refractivity contribution in [1.82, 2.24) is 9.99 Å². The number of carbonyl (C=O) groups is 1. The second-order valence-electron chi connectivity index (χ2n) is 5.82. The minimum atomic E-state index is -0.258. The zero-order valence-corrected chi connectivity index (χ0v) is 15.3. The average Bonchev–Trinajstić information content (AvgIpc) is 3.29. The Morgan fingerprint density at radius 2 is 2.15 bits per heavy atom. The molecule has 6 heteroatoms. The fraction of sp³-hybridized carbons (Fsp3) is 0.190. The van der Waals surface area contributed by atoms with Gasteiger partial charge in [0, 0.05) is 6.20 Å². The molecule has 1 aliphatic rings. The van der Waals surface area contributed by atoms with Gasteiger partial charge in [0.05, 0.1) is 17.0 Å². The van der Waals surface area contributed by atoms with Crippen LogP contribution in [-0.2, 0) is 11.4 Å². The summed E-state index contributed by atoms with van der Waals surface area (Å²) in [7, 11) is 0. The van der Waals surface area contributed by atoms with Crippen molar-refractivity contribution >= 4 is 17.7 Å². The van der Waals surface area contributed by atoms with E-state index in [9.17, 15) is 9.90 Å². The van der Waals surface area contributed by atoms with Crippen molar-refractivity contribution in [3.63, 3.8) is 0 Å². The maximum atomic E-state index is 13.1. The van der Waals surface area contributed by atoms with E-state index >= 15 is 0 Å². The molecule has 3 heterocycles. The van der Waals surface area contributed by atoms with Gasteiger partial charge >= 0.3 is 0 Å². The van der Waals surface area contributed by atoms with Gasteiger partial charge in [0.1, 0.15) is 23.8 Å². The van der Waals surface area contributed by atoms with Crippen LogP contribution in [0.5, 0.6) is 0 Å². The molecule has 138 valence electrons. The number of aliphatic hydroxyl groups excluding tert-OH is 1. The highest BCUT2D eigenvalue weighted by atomic mass is 16.4. The lowest BCUT2D eigenvalue weighted by Gasteiger charge is -2.12. The van der Waals surface area contributed by atoms with E-state index in [1.807, 2.05) is 50.3 Å². The monoisotopic (exact) mass is 363 g/mol. The highest BCUT2D eigenvalue weighted by molar-refractivity contribution is 6.32. The molecule has 0 saturated carbocycles. The number of carbonyl (C=O) groups excluding carboxylic acids is 1. The third-order valence-electron chi connectivity index (χ3n) is 3.97. The van der Waals surface area contributed by atoms with E-state index < -0.39 is 0 Å². The Kier molecular flexibility index (Phi) is 5.78. The summed E-state index contributed by atoms with van der Waals surface area (Å²) in [5, 5.41) is 15.1. The predicted molar refractivity (Wildman–Crippen MR) is 103 cm³/mol. The Labute approximate surface area is 157 Å². The van der Waals surface area contributed by atoms with Crippen LogP contribution in [0.25, 0.3) is 6.08 Å². The highest BCUT2D eigenvalue weighted by Gasteiger charge is 2.33. The van der Waals surface area contributed by atoms with Gasteiger partial charge in [-0.2, -0.15) is 10.1 Å². The minimum Gasteiger partial charge on any atom is -0.459 e. The number of rotatable bonds is 6. The van der Waals surface area contributed by atoms with Gasteiger partial charge in [0.25, 0.3) is 5.91 Å². The molecule has 0 saturated heterocycles. The molecule has 0 bridgehead atoms. The van der Waals surface area contributed by atoms with Crippen molar-refractivity contribution in [3.05, 3.63) is 83.2 Å². The number of hydrogen-bond donors (Lipinski definition) is 1. The van der Waals surface area contributed by atoms with Crippen LogP contribution in [0, 0.1) is 0 Å². The van der Waals surface area contributed by atoms with Crippen LogP contribution in [0.4, 0.5) is 0 Å². The van der Waals surface area contributed by atoms with Gasteiger partial charge in [-0.15, -0.1) is 0 Å². The first-order valence-corrected chi connectivity index (χ1v) is 8.76. The summed E-state index contributed by atoms with van der Waals surface area (Å²) in [6.45, 7) is 3.69. The number of aliphatic hydroxyl groups is 1. The van der Waals surface area contributed by atoms with E-state index in [0.717, 1.165) is 6.42 Å². The second kappa shape index (κ2) is 8.42. The van der Waals surface area contributed by atoms with Crippen molar-refractivity contribution in [2.45, 2.75) is 26.9 Å². The summed E-state index contributed by atoms with van der Waals surface area (Å²) in [5.74, 6) is 0.644. The molecule has 1 amide bonds. The molecule has 0 aromatic carbocycles. The van der Waals surface area contributed by atoms with Crippen LogP contribution in [0.15, 0.2) is 75.5 Å². The Bertz CT molecular complexity index is 937. The average molecular weight is 363 g/mol. The Morgan fingerprint density at radius 3 is 2.78 bits per heavy atom. The van der Waals surface area contributed by atoms with Crippen molar-refractivity contribution < 1.29 is 14.3 Å². The Morgan fingerprint density at radius 1 is 1.30 bits per heavy atom. The lowest BCUT2D eigenvalue weighted by Crippen LogP contribution is -2.20. The standard InChI is InChI=1S/C21H21N3O3/c1-3-5-8-15(4-2)24-21(26)18(13-16-10-11-17(14-25)27-16)20(23-24)19-9-6-7-12-22-19/h4-13,25H,3,14H2,1-2H3/b8-5-,15-4+,18-13-. The van der Waals surface area contributed by atoms with E-state index in [0.29, 0.717) is 34.2 Å². The molecule has 0 radical (unpaired) electrons. The van der Waals surface area contributed by atoms with E-state index in [4.69, 9.17) is 4.42 Å². The molecule has 2 aromatic rings. The zero-order valence-electron chi connectivity index (χ0n) is 15.3. The largest absolute Gasteiger partial charge is 0.459 e. The number of furan rings is 1. The fourth-order valence-corrected chi connectivity index (χ4v) is 2.64. The third-order valence-corrected chi connectivity index (χ3v) is 3.97. The highest BCUT2D eigenvalue weighted by Crippen LogP contribution is 2.26. The lowest BCUT2D eigenvalue weighted by atomic mass is 10.1. The maximum Gasteiger partial charge on any atom is 0.281 e. The number of amides is 1. The molecule has 3 rings (SSSR count). The van der Waals surface area contributed by atoms with Gasteiger partial charge < -0.3 is 9.52 Å². The number of hydrogen-bond acceptors (Lipinski definition) is 5. The lowest BCUT2D eigenvalue weighted by molar-refractivity contribution is -0.123. The number of hydrazone groups is 1. The molecular weight excluding hydrogens is 342 g/mol. The van der Waals surface area contributed by atoms with Crippen molar-refractivity contribution in [1.29, 1.82) is 0 Å². The second-order valence-corrected chi connectivity index (χ2v) is 5.82. The number of nitrogens with zero attached hydrogens (tertiary/aromatic N) is 3. The molecule has 27 heavy (non-hydrogen) atoms. The topological polar surface area (TPSA) is 78.9 Å². The van der Waals surface area contributed by atoms with Gasteiger partial charge in [-0.1, -0.05) is 25.1 Å². The predicted octanol–water partition coefficient (Wildman–Crippen LogP) is 3.67. The summed E-state index contributed by atoms with van der Waals surface area (Å²) in [5.41, 5.74) is 2.15. The SMILES string of the molecule is C/C=C(\C=C/CC)N1N=C(c2ccccn2)/C(=C/c2ccc(CO)o2)C1=O. The van der Waals surface area contributed by atoms with Gasteiger partial charge in [-0.05, 0) is 49.8 Å². The fourth-order valence-electron chi connectivity index (χ4n) is 2.64. The molecule has 0 spiro atoms. The summed E-state index contributed by atoms with van der Waals surface area (Å²) in [4.78, 5) is 17.4. The minimum absolute atomic E-state index is 0.199. The molecule has 0 unspecified atom stereocenters. The van der Waals surface area contributed by atoms with Crippen LogP contribution in [-0.4, -0.2) is 26.7 Å². The molecule has 0 atom stereocenters. The van der Waals surface area contributed by atoms with E-state index in [2.05, 4.69) is 10.1 Å². The van der Waals surface area contributed by atoms with Gasteiger partial charge in [-0.3, -0.25) is 9.78 Å². The zero-order chi connectivity index (χ0) is 19.2. The Hall–Kier alpha value is -3.25. The van der Waals surface area contributed by atoms with Gasteiger partial charge in [0.15, 0.2) is 0 Å². The van der Waals surface area contributed by atoms with E-state index in [-0.39, 0.29) is 12.5 Å². The normalized spacial score (nSPS) is 16.6. The first-order chi connectivity index (χ1) is 13.2. The van der Waals surface area contributed by atoms with Crippen LogP contribution in [0.1, 0.15) is 37.5 Å². The number of allylic oxidation sites excluding steroid dienone is 3. The molecule has 2 aromatic heterocycles. The molecule has 1 N–H and O–H groups in total. The van der Waals surface area contributed by atoms with Crippen LogP contribution < -0.4 is 0 Å². The molecule has 0 fully saturated rings. The first-order valence-electron chi connectivity index (χ1n) is 8.76. The van der Waals surface area contributed by atoms with Crippen LogP contribution >= 0.6 is 0 Å². The summed E-state index contributed by atoms with van der Waals surface area (Å²) < 4.78 is 5.51. The van der Waals surface area contributed by atoms with E-state index in [1.165, 1.54) is 5.01 Å². The summed E-state index contributed by atoms with van der Waals surface area (Å²) in [6, 6.07) is 8.84. The third kappa shape index (κ3) is 3.96. The number of aromatic nitrogens is 1. The van der Waals surface area contributed by atoms with Gasteiger partial charge in [0.2, 0.25) is 0 Å². The quantitative estimate of drug-likeness (QED) is 0.627. The summed E-state index contributed by atoms with van der Waals surface area (Å²) >= 11 is 0. The van der Waals surface area contributed by atoms with Crippen LogP contribution in [0.3, 0.4) is 0 Å². The molecule has 6 nitrogen and oxygen atoms in total. The Balaban J connectivity index is 2.06. The molecule has 0 aliphatic carbocycles. The van der Waals surface area contributed by atoms with Crippen molar-refractivity contribution in [3.8, 4) is 0 Å².